The van der Waals surface area contributed by atoms with Gasteiger partial charge in [0.25, 0.3) is 5.91 Å². The summed E-state index contributed by atoms with van der Waals surface area (Å²) in [5.41, 5.74) is 2.83. The van der Waals surface area contributed by atoms with E-state index in [-0.39, 0.29) is 11.7 Å². The summed E-state index contributed by atoms with van der Waals surface area (Å²) in [5, 5.41) is 17.4. The van der Waals surface area contributed by atoms with E-state index in [4.69, 9.17) is 13.9 Å². The standard InChI is InChI=1S/C21H24N6O4/c1-29-10-11-30-9-8-27-14-17(20(26-27)16-4-2-3-7-22-16)25-21(28)19-6-5-18(31-19)15-12-23-24-13-15/h2-6,12-14,22H,7-11H2,1H3,(H,23,24)(H,25,28). The maximum atomic E-state index is 12.8. The van der Waals surface area contributed by atoms with Gasteiger partial charge in [0.2, 0.25) is 0 Å². The lowest BCUT2D eigenvalue weighted by atomic mass is 10.2. The van der Waals surface area contributed by atoms with Crippen molar-refractivity contribution in [2.24, 2.45) is 0 Å². The van der Waals surface area contributed by atoms with Gasteiger partial charge in [0.15, 0.2) is 5.76 Å². The van der Waals surface area contributed by atoms with Crippen molar-refractivity contribution in [3.8, 4) is 11.3 Å². The Hall–Kier alpha value is -3.63. The van der Waals surface area contributed by atoms with Crippen molar-refractivity contribution in [1.29, 1.82) is 0 Å². The van der Waals surface area contributed by atoms with Crippen LogP contribution in [0.3, 0.4) is 0 Å². The van der Waals surface area contributed by atoms with Gasteiger partial charge < -0.3 is 24.5 Å². The number of hydrogen-bond donors (Lipinski definition) is 3. The maximum Gasteiger partial charge on any atom is 0.291 e. The zero-order valence-electron chi connectivity index (χ0n) is 17.1. The number of H-pyrrole nitrogens is 1. The van der Waals surface area contributed by atoms with Crippen LogP contribution >= 0.6 is 0 Å². The van der Waals surface area contributed by atoms with Crippen LogP contribution < -0.4 is 10.6 Å². The van der Waals surface area contributed by atoms with Crippen molar-refractivity contribution >= 4 is 17.3 Å². The number of rotatable bonds is 10. The smallest absolute Gasteiger partial charge is 0.291 e. The van der Waals surface area contributed by atoms with E-state index >= 15 is 0 Å². The van der Waals surface area contributed by atoms with Gasteiger partial charge in [-0.2, -0.15) is 10.2 Å². The highest BCUT2D eigenvalue weighted by Crippen LogP contribution is 2.25. The quantitative estimate of drug-likeness (QED) is 0.427. The average molecular weight is 424 g/mol. The Morgan fingerprint density at radius 2 is 2.26 bits per heavy atom. The summed E-state index contributed by atoms with van der Waals surface area (Å²) in [5.74, 6) is 0.395. The Kier molecular flexibility index (Phi) is 6.60. The minimum Gasteiger partial charge on any atom is -0.451 e. The highest BCUT2D eigenvalue weighted by atomic mass is 16.5. The fourth-order valence-electron chi connectivity index (χ4n) is 3.04. The van der Waals surface area contributed by atoms with Crippen LogP contribution in [0.2, 0.25) is 0 Å². The Morgan fingerprint density at radius 3 is 3.03 bits per heavy atom. The molecule has 3 N–H and O–H groups in total. The van der Waals surface area contributed by atoms with Crippen molar-refractivity contribution in [2.45, 2.75) is 6.54 Å². The van der Waals surface area contributed by atoms with Gasteiger partial charge in [-0.25, -0.2) is 0 Å². The van der Waals surface area contributed by atoms with Crippen molar-refractivity contribution in [2.75, 3.05) is 38.8 Å². The molecule has 10 nitrogen and oxygen atoms in total. The molecule has 10 heteroatoms. The number of ether oxygens (including phenoxy) is 2. The molecule has 0 bridgehead atoms. The number of aromatic nitrogens is 4. The third kappa shape index (κ3) is 5.11. The van der Waals surface area contributed by atoms with Gasteiger partial charge >= 0.3 is 0 Å². The largest absolute Gasteiger partial charge is 0.451 e. The second-order valence-electron chi connectivity index (χ2n) is 6.75. The number of furan rings is 1. The average Bonchev–Trinajstić information content (AvgIpc) is 3.55. The van der Waals surface area contributed by atoms with E-state index in [2.05, 4.69) is 25.9 Å². The third-order valence-electron chi connectivity index (χ3n) is 4.58. The first-order valence-corrected chi connectivity index (χ1v) is 9.90. The SMILES string of the molecule is COCCOCCn1cc(NC(=O)c2ccc(-c3cn[nH]c3)o2)c(C2=CC=CCN2)n1. The molecular formula is C21H24N6O4. The summed E-state index contributed by atoms with van der Waals surface area (Å²) in [6.07, 6.45) is 11.0. The summed E-state index contributed by atoms with van der Waals surface area (Å²) in [6.45, 7) is 2.78. The molecule has 3 aromatic rings. The Labute approximate surface area is 178 Å². The molecule has 0 aromatic carbocycles. The lowest BCUT2D eigenvalue weighted by molar-refractivity contribution is 0.0654. The molecule has 0 radical (unpaired) electrons. The second kappa shape index (κ2) is 9.92. The Balaban J connectivity index is 1.49. The Bertz CT molecular complexity index is 1060. The zero-order valence-corrected chi connectivity index (χ0v) is 17.1. The van der Waals surface area contributed by atoms with Crippen LogP contribution in [0.15, 0.2) is 53.4 Å². The fourth-order valence-corrected chi connectivity index (χ4v) is 3.04. The van der Waals surface area contributed by atoms with E-state index in [1.165, 1.54) is 0 Å². The van der Waals surface area contributed by atoms with Gasteiger partial charge in [-0.1, -0.05) is 12.2 Å². The molecule has 1 aliphatic rings. The number of aromatic amines is 1. The zero-order chi connectivity index (χ0) is 21.5. The van der Waals surface area contributed by atoms with Crippen molar-refractivity contribution in [1.82, 2.24) is 25.3 Å². The lowest BCUT2D eigenvalue weighted by Crippen LogP contribution is -2.17. The number of dihydropyridines is 1. The first-order chi connectivity index (χ1) is 15.2. The van der Waals surface area contributed by atoms with Crippen molar-refractivity contribution < 1.29 is 18.7 Å². The fraction of sp³-hybridized carbons (Fsp3) is 0.286. The minimum absolute atomic E-state index is 0.197. The van der Waals surface area contributed by atoms with E-state index in [9.17, 15) is 4.79 Å². The number of hydrogen-bond acceptors (Lipinski definition) is 7. The normalized spacial score (nSPS) is 13.1. The molecule has 0 atom stereocenters. The second-order valence-corrected chi connectivity index (χ2v) is 6.75. The predicted octanol–water partition coefficient (Wildman–Crippen LogP) is 2.28. The molecule has 0 saturated carbocycles. The molecule has 0 fully saturated rings. The molecule has 0 aliphatic carbocycles. The van der Waals surface area contributed by atoms with E-state index < -0.39 is 0 Å². The van der Waals surface area contributed by atoms with E-state index in [0.717, 1.165) is 11.3 Å². The number of nitrogens with one attached hydrogen (secondary N) is 3. The first kappa shape index (κ1) is 20.6. The summed E-state index contributed by atoms with van der Waals surface area (Å²) in [6, 6.07) is 3.36. The van der Waals surface area contributed by atoms with Crippen LogP contribution in [0.4, 0.5) is 5.69 Å². The van der Waals surface area contributed by atoms with Crippen LogP contribution in [0.1, 0.15) is 16.2 Å². The predicted molar refractivity (Wildman–Crippen MR) is 114 cm³/mol. The van der Waals surface area contributed by atoms with Gasteiger partial charge in [0.1, 0.15) is 11.5 Å². The molecule has 0 unspecified atom stereocenters. The topological polar surface area (TPSA) is 119 Å². The maximum absolute atomic E-state index is 12.8. The third-order valence-corrected chi connectivity index (χ3v) is 4.58. The van der Waals surface area contributed by atoms with Gasteiger partial charge in [-0.3, -0.25) is 14.6 Å². The van der Waals surface area contributed by atoms with Gasteiger partial charge in [-0.05, 0) is 18.2 Å². The molecule has 4 rings (SSSR count). The van der Waals surface area contributed by atoms with Gasteiger partial charge in [0.05, 0.1) is 49.5 Å². The number of carbonyl (C=O) groups excluding carboxylic acids is 1. The molecule has 1 amide bonds. The molecular weight excluding hydrogens is 400 g/mol. The van der Waals surface area contributed by atoms with Crippen LogP contribution in [0.25, 0.3) is 17.0 Å². The first-order valence-electron chi connectivity index (χ1n) is 9.90. The number of nitrogens with zero attached hydrogens (tertiary/aromatic N) is 3. The van der Waals surface area contributed by atoms with Crippen LogP contribution in [-0.2, 0) is 16.0 Å². The number of carbonyl (C=O) groups is 1. The molecule has 0 saturated heterocycles. The molecule has 162 valence electrons. The number of methoxy groups -OCH3 is 1. The van der Waals surface area contributed by atoms with Crippen LogP contribution in [-0.4, -0.2) is 59.4 Å². The van der Waals surface area contributed by atoms with E-state index in [0.29, 0.717) is 50.1 Å². The highest BCUT2D eigenvalue weighted by molar-refractivity contribution is 6.03. The van der Waals surface area contributed by atoms with Crippen LogP contribution in [0.5, 0.6) is 0 Å². The highest BCUT2D eigenvalue weighted by Gasteiger charge is 2.19. The minimum atomic E-state index is -0.362. The number of amides is 1. The van der Waals surface area contributed by atoms with Gasteiger partial charge in [-0.15, -0.1) is 0 Å². The number of anilines is 1. The summed E-state index contributed by atoms with van der Waals surface area (Å²) >= 11 is 0. The molecule has 4 heterocycles. The number of allylic oxidation sites excluding steroid dienone is 2. The van der Waals surface area contributed by atoms with Crippen molar-refractivity contribution in [3.63, 3.8) is 0 Å². The molecule has 1 aliphatic heterocycles. The summed E-state index contributed by atoms with van der Waals surface area (Å²) < 4.78 is 17.9. The van der Waals surface area contributed by atoms with E-state index in [1.54, 1.807) is 42.5 Å². The van der Waals surface area contributed by atoms with Crippen molar-refractivity contribution in [3.05, 3.63) is 60.4 Å². The monoisotopic (exact) mass is 424 g/mol. The summed E-state index contributed by atoms with van der Waals surface area (Å²) in [4.78, 5) is 12.8. The molecule has 3 aromatic heterocycles. The van der Waals surface area contributed by atoms with Gasteiger partial charge in [0, 0.05) is 26.0 Å². The van der Waals surface area contributed by atoms with E-state index in [1.807, 2.05) is 18.2 Å². The molecule has 31 heavy (non-hydrogen) atoms. The summed E-state index contributed by atoms with van der Waals surface area (Å²) in [7, 11) is 1.63. The molecule has 0 spiro atoms. The Morgan fingerprint density at radius 1 is 1.32 bits per heavy atom. The van der Waals surface area contributed by atoms with Crippen LogP contribution in [0, 0.1) is 0 Å². The lowest BCUT2D eigenvalue weighted by Gasteiger charge is -2.11.